The minimum absolute atomic E-state index is 0.106. The highest BCUT2D eigenvalue weighted by Crippen LogP contribution is 2.26. The number of hydrogen-bond acceptors (Lipinski definition) is 3. The number of benzene rings is 2. The van der Waals surface area contributed by atoms with Gasteiger partial charge in [0.2, 0.25) is 5.91 Å². The second kappa shape index (κ2) is 7.37. The molecule has 0 saturated carbocycles. The zero-order valence-corrected chi connectivity index (χ0v) is 15.7. The summed E-state index contributed by atoms with van der Waals surface area (Å²) in [7, 11) is 1.93. The largest absolute Gasteiger partial charge is 0.326 e. The van der Waals surface area contributed by atoms with Crippen LogP contribution in [0, 0.1) is 0 Å². The van der Waals surface area contributed by atoms with E-state index in [0.29, 0.717) is 6.42 Å². The second-order valence-corrected chi connectivity index (χ2v) is 7.17. The van der Waals surface area contributed by atoms with Gasteiger partial charge < -0.3 is 10.6 Å². The van der Waals surface area contributed by atoms with E-state index in [9.17, 15) is 4.79 Å². The zero-order valence-electron chi connectivity index (χ0n) is 15.7. The van der Waals surface area contributed by atoms with E-state index < -0.39 is 0 Å². The highest BCUT2D eigenvalue weighted by atomic mass is 16.1. The lowest BCUT2D eigenvalue weighted by molar-refractivity contribution is -0.116. The summed E-state index contributed by atoms with van der Waals surface area (Å²) in [4.78, 5) is 11.5. The van der Waals surface area contributed by atoms with Crippen LogP contribution in [0.1, 0.15) is 36.1 Å². The van der Waals surface area contributed by atoms with Crippen molar-refractivity contribution in [2.24, 2.45) is 7.05 Å². The van der Waals surface area contributed by atoms with Crippen molar-refractivity contribution in [3.8, 4) is 11.1 Å². The fraction of sp³-hybridized carbons (Fsp3) is 0.273. The first-order valence-electron chi connectivity index (χ1n) is 9.32. The smallest absolute Gasteiger partial charge is 0.224 e. The minimum atomic E-state index is 0.106. The van der Waals surface area contributed by atoms with Crippen LogP contribution < -0.4 is 10.6 Å². The zero-order chi connectivity index (χ0) is 18.8. The average molecular weight is 360 g/mol. The van der Waals surface area contributed by atoms with Crippen LogP contribution in [0.25, 0.3) is 11.1 Å². The Kier molecular flexibility index (Phi) is 4.77. The van der Waals surface area contributed by atoms with Gasteiger partial charge in [-0.15, -0.1) is 0 Å². The lowest BCUT2D eigenvalue weighted by Gasteiger charge is -2.20. The summed E-state index contributed by atoms with van der Waals surface area (Å²) >= 11 is 0. The Morgan fingerprint density at radius 2 is 2.07 bits per heavy atom. The molecule has 5 heteroatoms. The molecule has 1 atom stereocenters. The third-order valence-electron chi connectivity index (χ3n) is 5.10. The Bertz CT molecular complexity index is 976. The molecule has 1 unspecified atom stereocenters. The first-order chi connectivity index (χ1) is 13.1. The van der Waals surface area contributed by atoms with Crippen LogP contribution in [-0.4, -0.2) is 15.7 Å². The Hall–Kier alpha value is -2.92. The number of amides is 1. The summed E-state index contributed by atoms with van der Waals surface area (Å²) in [5.41, 5.74) is 6.97. The van der Waals surface area contributed by atoms with Crippen molar-refractivity contribution in [2.75, 3.05) is 5.32 Å². The molecule has 0 saturated heterocycles. The number of aryl methyl sites for hydroxylation is 2. The fourth-order valence-electron chi connectivity index (χ4n) is 3.49. The van der Waals surface area contributed by atoms with Crippen molar-refractivity contribution in [3.05, 3.63) is 71.5 Å². The minimum Gasteiger partial charge on any atom is -0.326 e. The Morgan fingerprint density at radius 1 is 1.19 bits per heavy atom. The first kappa shape index (κ1) is 17.5. The molecule has 1 amide bonds. The van der Waals surface area contributed by atoms with Gasteiger partial charge in [-0.2, -0.15) is 5.10 Å². The monoisotopic (exact) mass is 360 g/mol. The van der Waals surface area contributed by atoms with Crippen LogP contribution in [0.2, 0.25) is 0 Å². The van der Waals surface area contributed by atoms with E-state index in [1.165, 1.54) is 22.3 Å². The molecule has 0 spiro atoms. The maximum atomic E-state index is 11.5. The molecule has 2 N–H and O–H groups in total. The number of aromatic nitrogens is 2. The van der Waals surface area contributed by atoms with Crippen molar-refractivity contribution >= 4 is 11.6 Å². The van der Waals surface area contributed by atoms with Crippen LogP contribution in [0.15, 0.2) is 54.9 Å². The summed E-state index contributed by atoms with van der Waals surface area (Å²) in [5, 5.41) is 10.8. The highest BCUT2D eigenvalue weighted by Gasteiger charge is 2.16. The van der Waals surface area contributed by atoms with E-state index >= 15 is 0 Å². The van der Waals surface area contributed by atoms with Gasteiger partial charge in [-0.3, -0.25) is 9.48 Å². The molecule has 2 aromatic carbocycles. The number of fused-ring (bicyclic) bond motifs is 1. The standard InChI is InChI=1S/C22H24N4O/c1-15(17-6-8-21-19(11-17)7-9-22(27)25-21)23-12-16-4-3-5-18(10-16)20-13-24-26(2)14-20/h3-6,8,10-11,13-15,23H,7,9,12H2,1-2H3,(H,25,27). The number of nitrogens with one attached hydrogen (secondary N) is 2. The first-order valence-corrected chi connectivity index (χ1v) is 9.32. The van der Waals surface area contributed by atoms with Gasteiger partial charge in [-0.1, -0.05) is 30.3 Å². The number of rotatable bonds is 5. The van der Waals surface area contributed by atoms with Crippen LogP contribution in [-0.2, 0) is 24.8 Å². The maximum Gasteiger partial charge on any atom is 0.224 e. The van der Waals surface area contributed by atoms with Crippen molar-refractivity contribution < 1.29 is 4.79 Å². The van der Waals surface area contributed by atoms with Crippen molar-refractivity contribution in [2.45, 2.75) is 32.4 Å². The molecule has 1 aliphatic heterocycles. The summed E-state index contributed by atoms with van der Waals surface area (Å²) in [6.45, 7) is 2.97. The van der Waals surface area contributed by atoms with Crippen molar-refractivity contribution in [1.82, 2.24) is 15.1 Å². The topological polar surface area (TPSA) is 59.0 Å². The second-order valence-electron chi connectivity index (χ2n) is 7.17. The van der Waals surface area contributed by atoms with E-state index in [1.807, 2.05) is 30.2 Å². The maximum absolute atomic E-state index is 11.5. The van der Waals surface area contributed by atoms with E-state index in [0.717, 1.165) is 24.2 Å². The predicted octanol–water partition coefficient (Wildman–Crippen LogP) is 3.82. The molecule has 3 aromatic rings. The summed E-state index contributed by atoms with van der Waals surface area (Å²) in [5.74, 6) is 0.106. The lowest BCUT2D eigenvalue weighted by atomic mass is 9.97. The number of carbonyl (C=O) groups is 1. The molecule has 1 aliphatic rings. The number of nitrogens with zero attached hydrogens (tertiary/aromatic N) is 2. The lowest BCUT2D eigenvalue weighted by Crippen LogP contribution is -2.21. The Morgan fingerprint density at radius 3 is 2.89 bits per heavy atom. The molecular formula is C22H24N4O. The van der Waals surface area contributed by atoms with Crippen molar-refractivity contribution in [3.63, 3.8) is 0 Å². The van der Waals surface area contributed by atoms with Crippen LogP contribution in [0.3, 0.4) is 0 Å². The summed E-state index contributed by atoms with van der Waals surface area (Å²) in [6, 6.07) is 15.1. The predicted molar refractivity (Wildman–Crippen MR) is 107 cm³/mol. The van der Waals surface area contributed by atoms with Gasteiger partial charge in [0.15, 0.2) is 0 Å². The van der Waals surface area contributed by atoms with E-state index in [4.69, 9.17) is 0 Å². The van der Waals surface area contributed by atoms with Gasteiger partial charge in [0, 0.05) is 43.5 Å². The van der Waals surface area contributed by atoms with E-state index in [1.54, 1.807) is 0 Å². The van der Waals surface area contributed by atoms with Gasteiger partial charge in [0.1, 0.15) is 0 Å². The average Bonchev–Trinajstić information content (AvgIpc) is 3.12. The van der Waals surface area contributed by atoms with Crippen molar-refractivity contribution in [1.29, 1.82) is 0 Å². The number of anilines is 1. The van der Waals surface area contributed by atoms with Gasteiger partial charge >= 0.3 is 0 Å². The summed E-state index contributed by atoms with van der Waals surface area (Å²) in [6.07, 6.45) is 5.30. The SMILES string of the molecule is CC(NCc1cccc(-c2cnn(C)c2)c1)c1ccc2c(c1)CCC(=O)N2. The van der Waals surface area contributed by atoms with Gasteiger partial charge in [-0.25, -0.2) is 0 Å². The Balaban J connectivity index is 1.44. The van der Waals surface area contributed by atoms with E-state index in [2.05, 4.69) is 59.1 Å². The molecular weight excluding hydrogens is 336 g/mol. The van der Waals surface area contributed by atoms with Crippen LogP contribution in [0.5, 0.6) is 0 Å². The molecule has 138 valence electrons. The van der Waals surface area contributed by atoms with Gasteiger partial charge in [0.05, 0.1) is 6.20 Å². The molecule has 0 fully saturated rings. The van der Waals surface area contributed by atoms with Crippen LogP contribution in [0.4, 0.5) is 5.69 Å². The van der Waals surface area contributed by atoms with Crippen LogP contribution >= 0.6 is 0 Å². The molecule has 0 aliphatic carbocycles. The highest BCUT2D eigenvalue weighted by molar-refractivity contribution is 5.93. The molecule has 0 bridgehead atoms. The van der Waals surface area contributed by atoms with Gasteiger partial charge in [0.25, 0.3) is 0 Å². The molecule has 2 heterocycles. The number of hydrogen-bond donors (Lipinski definition) is 2. The molecule has 27 heavy (non-hydrogen) atoms. The molecule has 5 nitrogen and oxygen atoms in total. The third kappa shape index (κ3) is 3.93. The Labute approximate surface area is 159 Å². The normalized spacial score (nSPS) is 14.5. The fourth-order valence-corrected chi connectivity index (χ4v) is 3.49. The van der Waals surface area contributed by atoms with E-state index in [-0.39, 0.29) is 11.9 Å². The molecule has 1 aromatic heterocycles. The molecule has 0 radical (unpaired) electrons. The van der Waals surface area contributed by atoms with Gasteiger partial charge in [-0.05, 0) is 47.7 Å². The molecule has 4 rings (SSSR count). The third-order valence-corrected chi connectivity index (χ3v) is 5.10. The quantitative estimate of drug-likeness (QED) is 0.727. The number of carbonyl (C=O) groups excluding carboxylic acids is 1. The summed E-state index contributed by atoms with van der Waals surface area (Å²) < 4.78 is 1.82.